The number of carbonyl (C=O) groups is 1. The molecule has 0 fully saturated rings. The molecule has 0 unspecified atom stereocenters. The van der Waals surface area contributed by atoms with Crippen molar-refractivity contribution in [1.82, 2.24) is 0 Å². The van der Waals surface area contributed by atoms with Gasteiger partial charge < -0.3 is 9.84 Å². The summed E-state index contributed by atoms with van der Waals surface area (Å²) in [6, 6.07) is 0. The van der Waals surface area contributed by atoms with Crippen molar-refractivity contribution >= 4 is 5.78 Å². The minimum absolute atomic E-state index is 0.232. The van der Waals surface area contributed by atoms with Crippen LogP contribution in [-0.4, -0.2) is 18.0 Å². The van der Waals surface area contributed by atoms with Crippen LogP contribution in [0.15, 0.2) is 12.0 Å². The molecule has 0 aromatic carbocycles. The molecule has 3 heteroatoms. The van der Waals surface area contributed by atoms with Gasteiger partial charge in [-0.1, -0.05) is 0 Å². The fourth-order valence-corrected chi connectivity index (χ4v) is 0.233. The van der Waals surface area contributed by atoms with Crippen molar-refractivity contribution in [2.45, 2.75) is 6.92 Å². The molecule has 46 valence electrons. The first-order chi connectivity index (χ1) is 3.66. The predicted molar refractivity (Wildman–Crippen MR) is 28.4 cm³/mol. The van der Waals surface area contributed by atoms with Gasteiger partial charge in [-0.25, -0.2) is 0 Å². The number of methoxy groups -OCH3 is 1. The van der Waals surface area contributed by atoms with Gasteiger partial charge in [0.1, 0.15) is 0 Å². The van der Waals surface area contributed by atoms with Crippen LogP contribution in [0.25, 0.3) is 0 Å². The average Bonchev–Trinajstić information content (AvgIpc) is 1.65. The molecule has 0 radical (unpaired) electrons. The molecule has 1 N–H and O–H groups in total. The van der Waals surface area contributed by atoms with Gasteiger partial charge in [-0.2, -0.15) is 0 Å². The Hall–Kier alpha value is -0.990. The Balaban J connectivity index is 3.75. The lowest BCUT2D eigenvalue weighted by atomic mass is 10.4. The lowest BCUT2D eigenvalue weighted by Gasteiger charge is -1.91. The summed E-state index contributed by atoms with van der Waals surface area (Å²) in [6.45, 7) is 1.33. The van der Waals surface area contributed by atoms with Crippen LogP contribution in [0.5, 0.6) is 0 Å². The number of allylic oxidation sites excluding steroid dienone is 1. The predicted octanol–water partition coefficient (Wildman–Crippen LogP) is 0.621. The molecule has 0 aliphatic heterocycles. The number of aliphatic hydroxyl groups excluding tert-OH is 1. The highest BCUT2D eigenvalue weighted by Gasteiger charge is 1.89. The van der Waals surface area contributed by atoms with Crippen molar-refractivity contribution in [1.29, 1.82) is 0 Å². The first kappa shape index (κ1) is 7.01. The van der Waals surface area contributed by atoms with Gasteiger partial charge in [-0.3, -0.25) is 4.79 Å². The Morgan fingerprint density at radius 1 is 1.75 bits per heavy atom. The molecular formula is C5H8O3. The summed E-state index contributed by atoms with van der Waals surface area (Å²) in [4.78, 5) is 10.1. The standard InChI is InChI=1S/C5H8O3/c1-4(6)3-5(7)8-2/h3,7H,1-2H3/b5-3+. The Bertz CT molecular complexity index is 115. The normalized spacial score (nSPS) is 11.0. The molecule has 0 aliphatic carbocycles. The molecule has 8 heavy (non-hydrogen) atoms. The van der Waals surface area contributed by atoms with E-state index in [1.165, 1.54) is 14.0 Å². The summed E-state index contributed by atoms with van der Waals surface area (Å²) in [5.74, 6) is -0.582. The van der Waals surface area contributed by atoms with Crippen molar-refractivity contribution in [3.63, 3.8) is 0 Å². The molecule has 0 atom stereocenters. The van der Waals surface area contributed by atoms with Crippen molar-refractivity contribution in [2.75, 3.05) is 7.11 Å². The van der Waals surface area contributed by atoms with Crippen LogP contribution < -0.4 is 0 Å². The van der Waals surface area contributed by atoms with Crippen molar-refractivity contribution in [3.05, 3.63) is 12.0 Å². The molecule has 0 heterocycles. The number of rotatable bonds is 2. The van der Waals surface area contributed by atoms with Gasteiger partial charge in [0.2, 0.25) is 0 Å². The highest BCUT2D eigenvalue weighted by Crippen LogP contribution is 1.86. The lowest BCUT2D eigenvalue weighted by Crippen LogP contribution is -1.89. The zero-order chi connectivity index (χ0) is 6.57. The number of ketones is 1. The van der Waals surface area contributed by atoms with Gasteiger partial charge in [0.15, 0.2) is 5.78 Å². The largest absolute Gasteiger partial charge is 0.481 e. The molecule has 0 amide bonds. The van der Waals surface area contributed by atoms with E-state index >= 15 is 0 Å². The Morgan fingerprint density at radius 2 is 2.25 bits per heavy atom. The van der Waals surface area contributed by atoms with Crippen LogP contribution in [-0.2, 0) is 9.53 Å². The topological polar surface area (TPSA) is 46.5 Å². The zero-order valence-electron chi connectivity index (χ0n) is 4.84. The summed E-state index contributed by atoms with van der Waals surface area (Å²) in [7, 11) is 1.29. The molecule has 0 aliphatic rings. The number of aliphatic hydroxyl groups is 1. The zero-order valence-corrected chi connectivity index (χ0v) is 4.84. The minimum atomic E-state index is -0.350. The van der Waals surface area contributed by atoms with Crippen LogP contribution >= 0.6 is 0 Å². The minimum Gasteiger partial charge on any atom is -0.481 e. The van der Waals surface area contributed by atoms with Crippen molar-refractivity contribution < 1.29 is 14.6 Å². The lowest BCUT2D eigenvalue weighted by molar-refractivity contribution is -0.113. The van der Waals surface area contributed by atoms with Gasteiger partial charge in [0.25, 0.3) is 5.95 Å². The third kappa shape index (κ3) is 3.21. The molecule has 0 saturated carbocycles. The van der Waals surface area contributed by atoms with E-state index in [2.05, 4.69) is 4.74 Å². The number of hydrogen-bond acceptors (Lipinski definition) is 3. The fourth-order valence-electron chi connectivity index (χ4n) is 0.233. The summed E-state index contributed by atoms with van der Waals surface area (Å²) in [5.41, 5.74) is 0. The SMILES string of the molecule is CO/C(O)=C/C(C)=O. The van der Waals surface area contributed by atoms with E-state index in [1.54, 1.807) is 0 Å². The molecule has 3 nitrogen and oxygen atoms in total. The van der Waals surface area contributed by atoms with E-state index in [-0.39, 0.29) is 11.7 Å². The highest BCUT2D eigenvalue weighted by molar-refractivity contribution is 5.87. The first-order valence-electron chi connectivity index (χ1n) is 2.12. The molecule has 0 rings (SSSR count). The first-order valence-corrected chi connectivity index (χ1v) is 2.12. The van der Waals surface area contributed by atoms with Crippen LogP contribution in [0.2, 0.25) is 0 Å². The molecule has 0 bridgehead atoms. The van der Waals surface area contributed by atoms with Crippen molar-refractivity contribution in [3.8, 4) is 0 Å². The van der Waals surface area contributed by atoms with Crippen LogP contribution in [0, 0.1) is 0 Å². The third-order valence-electron chi connectivity index (χ3n) is 0.536. The summed E-state index contributed by atoms with van der Waals surface area (Å²) >= 11 is 0. The Morgan fingerprint density at radius 3 is 2.38 bits per heavy atom. The molecule has 0 aromatic heterocycles. The molecule has 0 saturated heterocycles. The molecular weight excluding hydrogens is 108 g/mol. The van der Waals surface area contributed by atoms with Crippen LogP contribution in [0.3, 0.4) is 0 Å². The second-order valence-electron chi connectivity index (χ2n) is 1.30. The second kappa shape index (κ2) is 3.07. The van der Waals surface area contributed by atoms with Gasteiger partial charge in [0.05, 0.1) is 13.2 Å². The quantitative estimate of drug-likeness (QED) is 0.425. The number of ether oxygens (including phenoxy) is 1. The van der Waals surface area contributed by atoms with E-state index in [4.69, 9.17) is 5.11 Å². The maximum Gasteiger partial charge on any atom is 0.279 e. The van der Waals surface area contributed by atoms with Gasteiger partial charge in [-0.05, 0) is 6.92 Å². The van der Waals surface area contributed by atoms with Crippen molar-refractivity contribution in [2.24, 2.45) is 0 Å². The number of carbonyl (C=O) groups excluding carboxylic acids is 1. The van der Waals surface area contributed by atoms with Crippen LogP contribution in [0.4, 0.5) is 0 Å². The van der Waals surface area contributed by atoms with E-state index in [0.29, 0.717) is 0 Å². The summed E-state index contributed by atoms with van der Waals surface area (Å²) < 4.78 is 4.26. The summed E-state index contributed by atoms with van der Waals surface area (Å²) in [6.07, 6.45) is 1.00. The Kier molecular flexibility index (Phi) is 2.69. The van der Waals surface area contributed by atoms with Crippen LogP contribution in [0.1, 0.15) is 6.92 Å². The second-order valence-corrected chi connectivity index (χ2v) is 1.30. The van der Waals surface area contributed by atoms with E-state index < -0.39 is 0 Å². The van der Waals surface area contributed by atoms with Gasteiger partial charge in [-0.15, -0.1) is 0 Å². The van der Waals surface area contributed by atoms with Gasteiger partial charge in [0, 0.05) is 0 Å². The smallest absolute Gasteiger partial charge is 0.279 e. The fraction of sp³-hybridized carbons (Fsp3) is 0.400. The molecule has 0 aromatic rings. The van der Waals surface area contributed by atoms with E-state index in [9.17, 15) is 4.79 Å². The third-order valence-corrected chi connectivity index (χ3v) is 0.536. The van der Waals surface area contributed by atoms with E-state index in [1.807, 2.05) is 0 Å². The van der Waals surface area contributed by atoms with Gasteiger partial charge >= 0.3 is 0 Å². The Labute approximate surface area is 47.6 Å². The van der Waals surface area contributed by atoms with E-state index in [0.717, 1.165) is 6.08 Å². The molecule has 0 spiro atoms. The monoisotopic (exact) mass is 116 g/mol. The maximum atomic E-state index is 10.1. The average molecular weight is 116 g/mol. The maximum absolute atomic E-state index is 10.1. The summed E-state index contributed by atoms with van der Waals surface area (Å²) in [5, 5.41) is 8.45. The number of hydrogen-bond donors (Lipinski definition) is 1. The highest BCUT2D eigenvalue weighted by atomic mass is 16.6.